The molecule has 1 aromatic heterocycles. The van der Waals surface area contributed by atoms with E-state index in [1.807, 2.05) is 31.2 Å². The summed E-state index contributed by atoms with van der Waals surface area (Å²) in [6, 6.07) is 7.62. The van der Waals surface area contributed by atoms with Gasteiger partial charge in [0, 0.05) is 24.5 Å². The molecule has 7 nitrogen and oxygen atoms in total. The highest BCUT2D eigenvalue weighted by Crippen LogP contribution is 2.23. The van der Waals surface area contributed by atoms with E-state index in [0.29, 0.717) is 5.95 Å². The zero-order valence-electron chi connectivity index (χ0n) is 14.0. The lowest BCUT2D eigenvalue weighted by Crippen LogP contribution is -2.46. The summed E-state index contributed by atoms with van der Waals surface area (Å²) in [7, 11) is 0. The van der Waals surface area contributed by atoms with Gasteiger partial charge >= 0.3 is 6.03 Å². The Labute approximate surface area is 141 Å². The van der Waals surface area contributed by atoms with Gasteiger partial charge < -0.3 is 10.6 Å². The molecule has 1 fully saturated rings. The highest BCUT2D eigenvalue weighted by atomic mass is 16.2. The van der Waals surface area contributed by atoms with Gasteiger partial charge in [0.25, 0.3) is 0 Å². The molecule has 0 aliphatic carbocycles. The number of hydrogen-bond donors (Lipinski definition) is 2. The van der Waals surface area contributed by atoms with Gasteiger partial charge in [0.2, 0.25) is 5.95 Å². The number of nitrogens with zero attached hydrogens (tertiary/aromatic N) is 4. The Hall–Kier alpha value is -2.70. The lowest BCUT2D eigenvalue weighted by molar-refractivity contribution is 0.243. The van der Waals surface area contributed by atoms with Crippen LogP contribution < -0.4 is 15.5 Å². The SMILES string of the molecule is CCc1nnc(Nc2cccc(N3CCCNC3=O)c2)nc1CC. The Kier molecular flexibility index (Phi) is 4.88. The molecular formula is C17H22N6O. The standard InChI is InChI=1S/C17H22N6O/c1-3-14-15(4-2)21-22-16(20-14)19-12-7-5-8-13(11-12)23-10-6-9-18-17(23)24/h5,7-8,11H,3-4,6,9-10H2,1-2H3,(H,18,24)(H,19,20,22). The van der Waals surface area contributed by atoms with Crippen LogP contribution in [0.5, 0.6) is 0 Å². The van der Waals surface area contributed by atoms with Gasteiger partial charge in [0.05, 0.1) is 11.4 Å². The molecule has 2 heterocycles. The largest absolute Gasteiger partial charge is 0.338 e. The first-order valence-electron chi connectivity index (χ1n) is 8.36. The Balaban J connectivity index is 1.81. The second kappa shape index (κ2) is 7.25. The number of benzene rings is 1. The van der Waals surface area contributed by atoms with Crippen LogP contribution in [0.2, 0.25) is 0 Å². The summed E-state index contributed by atoms with van der Waals surface area (Å²) in [5.41, 5.74) is 3.58. The monoisotopic (exact) mass is 326 g/mol. The van der Waals surface area contributed by atoms with Gasteiger partial charge in [-0.15, -0.1) is 10.2 Å². The molecule has 24 heavy (non-hydrogen) atoms. The predicted octanol–water partition coefficient (Wildman–Crippen LogP) is 2.66. The fourth-order valence-corrected chi connectivity index (χ4v) is 2.75. The van der Waals surface area contributed by atoms with Gasteiger partial charge in [-0.3, -0.25) is 4.90 Å². The van der Waals surface area contributed by atoms with Crippen LogP contribution in [0, 0.1) is 0 Å². The third-order valence-corrected chi connectivity index (χ3v) is 4.00. The number of carbonyl (C=O) groups excluding carboxylic acids is 1. The molecule has 1 aliphatic rings. The average molecular weight is 326 g/mol. The van der Waals surface area contributed by atoms with E-state index >= 15 is 0 Å². The van der Waals surface area contributed by atoms with E-state index in [1.165, 1.54) is 0 Å². The second-order valence-electron chi connectivity index (χ2n) is 5.65. The molecule has 0 bridgehead atoms. The number of urea groups is 1. The molecule has 1 saturated heterocycles. The molecule has 0 unspecified atom stereocenters. The zero-order chi connectivity index (χ0) is 16.9. The Morgan fingerprint density at radius 3 is 2.79 bits per heavy atom. The van der Waals surface area contributed by atoms with Crippen LogP contribution in [0.3, 0.4) is 0 Å². The molecule has 7 heteroatoms. The smallest absolute Gasteiger partial charge is 0.321 e. The minimum absolute atomic E-state index is 0.0584. The summed E-state index contributed by atoms with van der Waals surface area (Å²) < 4.78 is 0. The first-order chi connectivity index (χ1) is 11.7. The molecule has 2 aromatic rings. The van der Waals surface area contributed by atoms with Crippen molar-refractivity contribution < 1.29 is 4.79 Å². The number of aromatic nitrogens is 3. The van der Waals surface area contributed by atoms with Crippen molar-refractivity contribution >= 4 is 23.4 Å². The molecule has 0 spiro atoms. The highest BCUT2D eigenvalue weighted by Gasteiger charge is 2.19. The molecule has 3 rings (SSSR count). The first kappa shape index (κ1) is 16.2. The van der Waals surface area contributed by atoms with Crippen LogP contribution >= 0.6 is 0 Å². The van der Waals surface area contributed by atoms with E-state index in [0.717, 1.165) is 55.1 Å². The van der Waals surface area contributed by atoms with E-state index < -0.39 is 0 Å². The second-order valence-corrected chi connectivity index (χ2v) is 5.65. The zero-order valence-corrected chi connectivity index (χ0v) is 14.0. The number of nitrogens with one attached hydrogen (secondary N) is 2. The third-order valence-electron chi connectivity index (χ3n) is 4.00. The maximum absolute atomic E-state index is 12.0. The maximum Gasteiger partial charge on any atom is 0.321 e. The van der Waals surface area contributed by atoms with E-state index in [2.05, 4.69) is 32.7 Å². The van der Waals surface area contributed by atoms with Crippen LogP contribution in [-0.2, 0) is 12.8 Å². The number of carbonyl (C=O) groups is 1. The number of hydrogen-bond acceptors (Lipinski definition) is 5. The highest BCUT2D eigenvalue weighted by molar-refractivity contribution is 5.93. The summed E-state index contributed by atoms with van der Waals surface area (Å²) >= 11 is 0. The van der Waals surface area contributed by atoms with Crippen molar-refractivity contribution in [3.63, 3.8) is 0 Å². The van der Waals surface area contributed by atoms with Crippen LogP contribution in [0.15, 0.2) is 24.3 Å². The molecule has 2 amide bonds. The number of aryl methyl sites for hydroxylation is 2. The normalized spacial score (nSPS) is 14.4. The van der Waals surface area contributed by atoms with Gasteiger partial charge in [0.1, 0.15) is 0 Å². The molecule has 126 valence electrons. The van der Waals surface area contributed by atoms with Crippen molar-refractivity contribution in [2.75, 3.05) is 23.3 Å². The van der Waals surface area contributed by atoms with E-state index in [9.17, 15) is 4.79 Å². The maximum atomic E-state index is 12.0. The van der Waals surface area contributed by atoms with Crippen molar-refractivity contribution in [1.82, 2.24) is 20.5 Å². The first-order valence-corrected chi connectivity index (χ1v) is 8.36. The Morgan fingerprint density at radius 1 is 1.21 bits per heavy atom. The minimum atomic E-state index is -0.0584. The van der Waals surface area contributed by atoms with Gasteiger partial charge in [-0.05, 0) is 37.5 Å². The van der Waals surface area contributed by atoms with Crippen molar-refractivity contribution in [1.29, 1.82) is 0 Å². The average Bonchev–Trinajstić information content (AvgIpc) is 2.62. The molecule has 0 atom stereocenters. The van der Waals surface area contributed by atoms with Crippen molar-refractivity contribution in [2.24, 2.45) is 0 Å². The van der Waals surface area contributed by atoms with E-state index in [4.69, 9.17) is 0 Å². The van der Waals surface area contributed by atoms with Crippen LogP contribution in [0.25, 0.3) is 0 Å². The summed E-state index contributed by atoms with van der Waals surface area (Å²) in [6.07, 6.45) is 2.58. The lowest BCUT2D eigenvalue weighted by atomic mass is 10.2. The van der Waals surface area contributed by atoms with Crippen LogP contribution in [0.4, 0.5) is 22.1 Å². The summed E-state index contributed by atoms with van der Waals surface area (Å²) in [5, 5.41) is 14.4. The molecular weight excluding hydrogens is 304 g/mol. The molecule has 1 aliphatic heterocycles. The van der Waals surface area contributed by atoms with Gasteiger partial charge in [-0.1, -0.05) is 19.9 Å². The van der Waals surface area contributed by atoms with Crippen molar-refractivity contribution in [2.45, 2.75) is 33.1 Å². The molecule has 0 radical (unpaired) electrons. The predicted molar refractivity (Wildman–Crippen MR) is 93.7 cm³/mol. The van der Waals surface area contributed by atoms with Crippen LogP contribution in [0.1, 0.15) is 31.7 Å². The van der Waals surface area contributed by atoms with E-state index in [-0.39, 0.29) is 6.03 Å². The number of rotatable bonds is 5. The number of amides is 2. The van der Waals surface area contributed by atoms with Gasteiger partial charge in [0.15, 0.2) is 0 Å². The molecule has 2 N–H and O–H groups in total. The minimum Gasteiger partial charge on any atom is -0.338 e. The van der Waals surface area contributed by atoms with Crippen molar-refractivity contribution in [3.05, 3.63) is 35.7 Å². The topological polar surface area (TPSA) is 83.0 Å². The summed E-state index contributed by atoms with van der Waals surface area (Å²) in [4.78, 5) is 18.3. The third kappa shape index (κ3) is 3.45. The number of anilines is 3. The Morgan fingerprint density at radius 2 is 2.04 bits per heavy atom. The van der Waals surface area contributed by atoms with Gasteiger partial charge in [-0.2, -0.15) is 0 Å². The van der Waals surface area contributed by atoms with Crippen molar-refractivity contribution in [3.8, 4) is 0 Å². The van der Waals surface area contributed by atoms with Gasteiger partial charge in [-0.25, -0.2) is 9.78 Å². The molecule has 1 aromatic carbocycles. The fourth-order valence-electron chi connectivity index (χ4n) is 2.75. The quantitative estimate of drug-likeness (QED) is 0.882. The van der Waals surface area contributed by atoms with E-state index in [1.54, 1.807) is 4.90 Å². The molecule has 0 saturated carbocycles. The Bertz CT molecular complexity index is 733. The summed E-state index contributed by atoms with van der Waals surface area (Å²) in [5.74, 6) is 0.476. The fraction of sp³-hybridized carbons (Fsp3) is 0.412. The summed E-state index contributed by atoms with van der Waals surface area (Å²) in [6.45, 7) is 5.56. The lowest BCUT2D eigenvalue weighted by Gasteiger charge is -2.27. The van der Waals surface area contributed by atoms with Crippen LogP contribution in [-0.4, -0.2) is 34.3 Å².